The normalized spacial score (nSPS) is 11.3. The first-order valence-electron chi connectivity index (χ1n) is 3.54. The highest BCUT2D eigenvalue weighted by molar-refractivity contribution is 7.80. The molecule has 0 unspecified atom stereocenters. The first kappa shape index (κ1) is 15.9. The van der Waals surface area contributed by atoms with E-state index in [1.807, 2.05) is 0 Å². The van der Waals surface area contributed by atoms with Crippen molar-refractivity contribution in [2.45, 2.75) is 6.04 Å². The summed E-state index contributed by atoms with van der Waals surface area (Å²) in [5.41, 5.74) is 4.94. The predicted molar refractivity (Wildman–Crippen MR) is 53.9 cm³/mol. The number of thiol groups is 1. The van der Waals surface area contributed by atoms with Gasteiger partial charge in [0.15, 0.2) is 0 Å². The molecule has 0 aromatic heterocycles. The maximum atomic E-state index is 9.76. The van der Waals surface area contributed by atoms with E-state index in [0.29, 0.717) is 12.2 Å². The number of rotatable bonds is 4. The second-order valence-electron chi connectivity index (χ2n) is 2.14. The predicted octanol–water partition coefficient (Wildman–Crippen LogP) is -0.960. The summed E-state index contributed by atoms with van der Waals surface area (Å²) >= 11 is 3.65. The number of aliphatic carboxylic acids is 3. The van der Waals surface area contributed by atoms with Crippen molar-refractivity contribution >= 4 is 30.5 Å². The van der Waals surface area contributed by atoms with Crippen LogP contribution in [0.1, 0.15) is 0 Å². The number of carboxylic acid groups (broad SMARTS) is 3. The summed E-state index contributed by atoms with van der Waals surface area (Å²) in [6, 6.07) is -0.816. The van der Waals surface area contributed by atoms with Crippen LogP contribution in [0.3, 0.4) is 0 Å². The third kappa shape index (κ3) is 15.2. The van der Waals surface area contributed by atoms with Crippen molar-refractivity contribution in [3.8, 4) is 0 Å². The minimum absolute atomic E-state index is 0.190. The SMILES string of the molecule is N[C@@H](CS)C(=O)O.O=C(O)/C=C\C(=O)O. The van der Waals surface area contributed by atoms with Crippen molar-refractivity contribution in [2.24, 2.45) is 5.73 Å². The van der Waals surface area contributed by atoms with Gasteiger partial charge in [-0.15, -0.1) is 0 Å². The van der Waals surface area contributed by atoms with Gasteiger partial charge in [-0.3, -0.25) is 4.79 Å². The molecule has 5 N–H and O–H groups in total. The van der Waals surface area contributed by atoms with E-state index >= 15 is 0 Å². The van der Waals surface area contributed by atoms with E-state index in [1.54, 1.807) is 0 Å². The highest BCUT2D eigenvalue weighted by Crippen LogP contribution is 1.80. The molecule has 0 rings (SSSR count). The molecule has 0 saturated heterocycles. The minimum atomic E-state index is -1.26. The summed E-state index contributed by atoms with van der Waals surface area (Å²) in [6.45, 7) is 0. The molecule has 86 valence electrons. The second kappa shape index (κ2) is 9.03. The van der Waals surface area contributed by atoms with Gasteiger partial charge in [0.25, 0.3) is 0 Å². The lowest BCUT2D eigenvalue weighted by molar-refractivity contribution is -0.138. The maximum Gasteiger partial charge on any atom is 0.328 e. The molecule has 8 heteroatoms. The molecule has 0 aromatic rings. The fourth-order valence-electron chi connectivity index (χ4n) is 0.221. The number of hydrogen-bond donors (Lipinski definition) is 5. The summed E-state index contributed by atoms with van der Waals surface area (Å²) in [7, 11) is 0. The molecule has 15 heavy (non-hydrogen) atoms. The highest BCUT2D eigenvalue weighted by atomic mass is 32.1. The van der Waals surface area contributed by atoms with Crippen molar-refractivity contribution in [1.29, 1.82) is 0 Å². The van der Waals surface area contributed by atoms with Crippen LogP contribution in [-0.2, 0) is 14.4 Å². The van der Waals surface area contributed by atoms with Crippen molar-refractivity contribution in [3.05, 3.63) is 12.2 Å². The van der Waals surface area contributed by atoms with Crippen LogP contribution in [-0.4, -0.2) is 45.0 Å². The Labute approximate surface area is 90.6 Å². The molecule has 0 aliphatic carbocycles. The Morgan fingerprint density at radius 3 is 1.53 bits per heavy atom. The van der Waals surface area contributed by atoms with Gasteiger partial charge in [-0.05, 0) is 0 Å². The van der Waals surface area contributed by atoms with Crippen LogP contribution in [0.5, 0.6) is 0 Å². The monoisotopic (exact) mass is 237 g/mol. The standard InChI is InChI=1S/C4H4O4.C3H7NO2S/c5-3(6)1-2-4(7)8;4-2(1-7)3(5)6/h1-2H,(H,5,6)(H,7,8);2,7H,1,4H2,(H,5,6)/b2-1-;/t;2-/m.0/s1. The van der Waals surface area contributed by atoms with Crippen molar-refractivity contribution in [1.82, 2.24) is 0 Å². The molecule has 0 amide bonds. The van der Waals surface area contributed by atoms with Gasteiger partial charge in [0.2, 0.25) is 0 Å². The molecule has 0 bridgehead atoms. The van der Waals surface area contributed by atoms with E-state index in [9.17, 15) is 14.4 Å². The summed E-state index contributed by atoms with van der Waals surface area (Å²) in [4.78, 5) is 28.9. The zero-order chi connectivity index (χ0) is 12.4. The van der Waals surface area contributed by atoms with Crippen LogP contribution in [0.4, 0.5) is 0 Å². The molecule has 0 radical (unpaired) electrons. The molecule has 0 saturated carbocycles. The lowest BCUT2D eigenvalue weighted by atomic mass is 10.4. The van der Waals surface area contributed by atoms with Crippen LogP contribution in [0.25, 0.3) is 0 Å². The molecule has 0 heterocycles. The lowest BCUT2D eigenvalue weighted by Crippen LogP contribution is -2.31. The first-order chi connectivity index (χ1) is 6.81. The maximum absolute atomic E-state index is 9.76. The first-order valence-corrected chi connectivity index (χ1v) is 4.17. The number of hydrogen-bond acceptors (Lipinski definition) is 5. The van der Waals surface area contributed by atoms with Gasteiger partial charge >= 0.3 is 17.9 Å². The fourth-order valence-corrected chi connectivity index (χ4v) is 0.377. The van der Waals surface area contributed by atoms with E-state index in [-0.39, 0.29) is 5.75 Å². The van der Waals surface area contributed by atoms with E-state index in [4.69, 9.17) is 21.1 Å². The van der Waals surface area contributed by atoms with Gasteiger partial charge in [0.1, 0.15) is 6.04 Å². The Morgan fingerprint density at radius 1 is 1.13 bits per heavy atom. The van der Waals surface area contributed by atoms with E-state index in [1.165, 1.54) is 0 Å². The fraction of sp³-hybridized carbons (Fsp3) is 0.286. The highest BCUT2D eigenvalue weighted by Gasteiger charge is 2.06. The Balaban J connectivity index is 0. The molecular weight excluding hydrogens is 226 g/mol. The number of nitrogens with two attached hydrogens (primary N) is 1. The minimum Gasteiger partial charge on any atom is -0.480 e. The lowest BCUT2D eigenvalue weighted by Gasteiger charge is -1.96. The molecule has 0 aliphatic rings. The zero-order valence-corrected chi connectivity index (χ0v) is 8.42. The van der Waals surface area contributed by atoms with Gasteiger partial charge in [0.05, 0.1) is 0 Å². The van der Waals surface area contributed by atoms with Crippen LogP contribution in [0, 0.1) is 0 Å². The Bertz CT molecular complexity index is 248. The third-order valence-corrected chi connectivity index (χ3v) is 1.28. The van der Waals surface area contributed by atoms with Gasteiger partial charge in [0, 0.05) is 17.9 Å². The molecule has 0 spiro atoms. The molecule has 0 aliphatic heterocycles. The summed E-state index contributed by atoms with van der Waals surface area (Å²) in [6.07, 6.45) is 1.12. The topological polar surface area (TPSA) is 138 Å². The smallest absolute Gasteiger partial charge is 0.328 e. The Hall–Kier alpha value is -1.54. The Morgan fingerprint density at radius 2 is 1.47 bits per heavy atom. The Kier molecular flexibility index (Phi) is 9.58. The summed E-state index contributed by atoms with van der Waals surface area (Å²) in [5.74, 6) is -3.33. The van der Waals surface area contributed by atoms with E-state index < -0.39 is 23.9 Å². The number of carboxylic acids is 3. The van der Waals surface area contributed by atoms with Gasteiger partial charge < -0.3 is 21.1 Å². The van der Waals surface area contributed by atoms with Gasteiger partial charge in [-0.2, -0.15) is 12.6 Å². The molecule has 1 atom stereocenters. The average molecular weight is 237 g/mol. The zero-order valence-electron chi connectivity index (χ0n) is 7.53. The second-order valence-corrected chi connectivity index (χ2v) is 2.50. The van der Waals surface area contributed by atoms with Gasteiger partial charge in [-0.25, -0.2) is 9.59 Å². The van der Waals surface area contributed by atoms with Crippen LogP contribution >= 0.6 is 12.6 Å². The summed E-state index contributed by atoms with van der Waals surface area (Å²) < 4.78 is 0. The molecular formula is C7H11NO6S. The largest absolute Gasteiger partial charge is 0.480 e. The summed E-state index contributed by atoms with van der Waals surface area (Å²) in [5, 5.41) is 23.6. The molecule has 0 aromatic carbocycles. The van der Waals surface area contributed by atoms with E-state index in [2.05, 4.69) is 12.6 Å². The van der Waals surface area contributed by atoms with Crippen molar-refractivity contribution in [3.63, 3.8) is 0 Å². The van der Waals surface area contributed by atoms with Crippen molar-refractivity contribution in [2.75, 3.05) is 5.75 Å². The van der Waals surface area contributed by atoms with Crippen molar-refractivity contribution < 1.29 is 29.7 Å². The van der Waals surface area contributed by atoms with Crippen LogP contribution in [0.15, 0.2) is 12.2 Å². The van der Waals surface area contributed by atoms with E-state index in [0.717, 1.165) is 0 Å². The number of carbonyl (C=O) groups is 3. The molecule has 0 fully saturated rings. The quantitative estimate of drug-likeness (QED) is 0.313. The van der Waals surface area contributed by atoms with Gasteiger partial charge in [-0.1, -0.05) is 0 Å². The van der Waals surface area contributed by atoms with Crippen LogP contribution in [0.2, 0.25) is 0 Å². The molecule has 7 nitrogen and oxygen atoms in total. The average Bonchev–Trinajstić information content (AvgIpc) is 2.14. The van der Waals surface area contributed by atoms with Crippen LogP contribution < -0.4 is 5.73 Å². The third-order valence-electron chi connectivity index (χ3n) is 0.882.